The van der Waals surface area contributed by atoms with Gasteiger partial charge in [-0.3, -0.25) is 9.59 Å². The van der Waals surface area contributed by atoms with Crippen LogP contribution < -0.4 is 5.32 Å². The van der Waals surface area contributed by atoms with Crippen molar-refractivity contribution in [2.45, 2.75) is 41.0 Å². The Morgan fingerprint density at radius 3 is 2.11 bits per heavy atom. The van der Waals surface area contributed by atoms with Crippen molar-refractivity contribution in [2.75, 3.05) is 6.54 Å². The number of ketones is 1. The van der Waals surface area contributed by atoms with E-state index in [1.807, 2.05) is 32.9 Å². The summed E-state index contributed by atoms with van der Waals surface area (Å²) < 4.78 is 0. The van der Waals surface area contributed by atoms with Crippen molar-refractivity contribution in [3.05, 3.63) is 34.4 Å². The van der Waals surface area contributed by atoms with E-state index in [4.69, 9.17) is 0 Å². The molecule has 3 nitrogen and oxygen atoms in total. The van der Waals surface area contributed by atoms with E-state index in [0.29, 0.717) is 18.0 Å². The molecule has 0 aliphatic carbocycles. The van der Waals surface area contributed by atoms with Crippen LogP contribution in [0.5, 0.6) is 0 Å². The van der Waals surface area contributed by atoms with E-state index in [-0.39, 0.29) is 0 Å². The largest absolute Gasteiger partial charge is 0.349 e. The number of hydrogen-bond acceptors (Lipinski definition) is 2. The van der Waals surface area contributed by atoms with Crippen molar-refractivity contribution in [3.8, 4) is 0 Å². The molecule has 104 valence electrons. The summed E-state index contributed by atoms with van der Waals surface area (Å²) in [6, 6.07) is 3.86. The minimum Gasteiger partial charge on any atom is -0.349 e. The molecule has 0 atom stereocenters. The highest BCUT2D eigenvalue weighted by Crippen LogP contribution is 2.17. The average Bonchev–Trinajstić information content (AvgIpc) is 2.26. The molecule has 1 amide bonds. The molecule has 0 fully saturated rings. The van der Waals surface area contributed by atoms with Gasteiger partial charge in [0.1, 0.15) is 0 Å². The normalized spacial score (nSPS) is 10.6. The number of hydrogen-bond donors (Lipinski definition) is 1. The lowest BCUT2D eigenvalue weighted by molar-refractivity contribution is -0.117. The van der Waals surface area contributed by atoms with Crippen LogP contribution >= 0.6 is 0 Å². The maximum atomic E-state index is 12.2. The Labute approximate surface area is 115 Å². The first-order chi connectivity index (χ1) is 8.82. The van der Waals surface area contributed by atoms with Crippen LogP contribution in [0.25, 0.3) is 0 Å². The van der Waals surface area contributed by atoms with Gasteiger partial charge in [0.15, 0.2) is 0 Å². The summed E-state index contributed by atoms with van der Waals surface area (Å²) in [5.74, 6) is -0.423. The first-order valence-electron chi connectivity index (χ1n) is 6.73. The maximum absolute atomic E-state index is 12.2. The third-order valence-corrected chi connectivity index (χ3v) is 3.12. The lowest BCUT2D eigenvalue weighted by Gasteiger charge is -2.11. The smallest absolute Gasteiger partial charge is 0.292 e. The molecule has 1 aromatic carbocycles. The second-order valence-electron chi connectivity index (χ2n) is 5.54. The molecule has 19 heavy (non-hydrogen) atoms. The third-order valence-electron chi connectivity index (χ3n) is 3.12. The molecule has 0 spiro atoms. The zero-order valence-electron chi connectivity index (χ0n) is 12.5. The summed E-state index contributed by atoms with van der Waals surface area (Å²) >= 11 is 0. The van der Waals surface area contributed by atoms with Crippen LogP contribution in [0.3, 0.4) is 0 Å². The Bertz CT molecular complexity index is 467. The highest BCUT2D eigenvalue weighted by Gasteiger charge is 2.20. The van der Waals surface area contributed by atoms with Crippen LogP contribution in [0.15, 0.2) is 12.1 Å². The van der Waals surface area contributed by atoms with Crippen molar-refractivity contribution < 1.29 is 9.59 Å². The van der Waals surface area contributed by atoms with Gasteiger partial charge in [-0.05, 0) is 44.2 Å². The predicted octanol–water partition coefficient (Wildman–Crippen LogP) is 2.96. The van der Waals surface area contributed by atoms with Crippen molar-refractivity contribution in [3.63, 3.8) is 0 Å². The van der Waals surface area contributed by atoms with Gasteiger partial charge in [0.2, 0.25) is 0 Å². The molecule has 0 aliphatic rings. The van der Waals surface area contributed by atoms with Gasteiger partial charge in [-0.1, -0.05) is 31.5 Å². The van der Waals surface area contributed by atoms with E-state index in [1.165, 1.54) is 0 Å². The van der Waals surface area contributed by atoms with E-state index in [2.05, 4.69) is 19.2 Å². The molecule has 0 saturated carbocycles. The molecular formula is C16H23NO2. The maximum Gasteiger partial charge on any atom is 0.292 e. The van der Waals surface area contributed by atoms with Gasteiger partial charge < -0.3 is 5.32 Å². The molecule has 1 N–H and O–H groups in total. The number of nitrogens with one attached hydrogen (secondary N) is 1. The Morgan fingerprint density at radius 1 is 1.11 bits per heavy atom. The quantitative estimate of drug-likeness (QED) is 0.654. The molecule has 0 unspecified atom stereocenters. The van der Waals surface area contributed by atoms with Crippen LogP contribution in [0, 0.1) is 26.7 Å². The van der Waals surface area contributed by atoms with Crippen LogP contribution in [-0.4, -0.2) is 18.2 Å². The number of carbonyl (C=O) groups excluding carboxylic acids is 2. The monoisotopic (exact) mass is 261 g/mol. The van der Waals surface area contributed by atoms with Crippen LogP contribution in [0.2, 0.25) is 0 Å². The summed E-state index contributed by atoms with van der Waals surface area (Å²) in [6.07, 6.45) is 0.880. The molecule has 0 saturated heterocycles. The Kier molecular flexibility index (Phi) is 5.28. The van der Waals surface area contributed by atoms with Crippen LogP contribution in [-0.2, 0) is 4.79 Å². The Balaban J connectivity index is 2.80. The van der Waals surface area contributed by atoms with Gasteiger partial charge in [-0.2, -0.15) is 0 Å². The number of carbonyl (C=O) groups is 2. The molecule has 1 rings (SSSR count). The van der Waals surface area contributed by atoms with Crippen LogP contribution in [0.1, 0.15) is 47.3 Å². The zero-order chi connectivity index (χ0) is 14.6. The summed E-state index contributed by atoms with van der Waals surface area (Å²) in [5.41, 5.74) is 3.36. The third kappa shape index (κ3) is 4.19. The van der Waals surface area contributed by atoms with E-state index in [0.717, 1.165) is 23.1 Å². The van der Waals surface area contributed by atoms with E-state index in [9.17, 15) is 9.59 Å². The van der Waals surface area contributed by atoms with Crippen molar-refractivity contribution >= 4 is 11.7 Å². The molecule has 0 radical (unpaired) electrons. The molecule has 0 heterocycles. The fourth-order valence-corrected chi connectivity index (χ4v) is 2.21. The number of Topliss-reactive ketones (excluding diaryl/α,β-unsaturated/α-hetero) is 1. The second kappa shape index (κ2) is 6.50. The first kappa shape index (κ1) is 15.4. The topological polar surface area (TPSA) is 46.2 Å². The minimum absolute atomic E-state index is 0.432. The van der Waals surface area contributed by atoms with Crippen molar-refractivity contribution in [2.24, 2.45) is 5.92 Å². The van der Waals surface area contributed by atoms with Gasteiger partial charge in [0.05, 0.1) is 0 Å². The van der Waals surface area contributed by atoms with Gasteiger partial charge in [0, 0.05) is 12.1 Å². The first-order valence-corrected chi connectivity index (χ1v) is 6.73. The minimum atomic E-state index is -0.504. The fourth-order valence-electron chi connectivity index (χ4n) is 2.21. The zero-order valence-corrected chi connectivity index (χ0v) is 12.5. The molecule has 3 heteroatoms. The number of benzene rings is 1. The Hall–Kier alpha value is -1.64. The van der Waals surface area contributed by atoms with Gasteiger partial charge in [-0.15, -0.1) is 0 Å². The lowest BCUT2D eigenvalue weighted by Crippen LogP contribution is -2.33. The van der Waals surface area contributed by atoms with E-state index in [1.54, 1.807) is 0 Å². The van der Waals surface area contributed by atoms with E-state index < -0.39 is 11.7 Å². The number of rotatable bonds is 5. The standard InChI is InChI=1S/C16H23NO2/c1-10(2)6-7-17-16(19)15(18)14-12(4)8-11(3)9-13(14)5/h8-10H,6-7H2,1-5H3,(H,17,19). The summed E-state index contributed by atoms with van der Waals surface area (Å²) in [5, 5.41) is 2.69. The van der Waals surface area contributed by atoms with Crippen molar-refractivity contribution in [1.82, 2.24) is 5.32 Å². The summed E-state index contributed by atoms with van der Waals surface area (Å²) in [7, 11) is 0. The SMILES string of the molecule is Cc1cc(C)c(C(=O)C(=O)NCCC(C)C)c(C)c1. The lowest BCUT2D eigenvalue weighted by atomic mass is 9.96. The molecule has 0 bridgehead atoms. The molecule has 1 aromatic rings. The fraction of sp³-hybridized carbons (Fsp3) is 0.500. The summed E-state index contributed by atoms with van der Waals surface area (Å²) in [6.45, 7) is 10.4. The van der Waals surface area contributed by atoms with Gasteiger partial charge >= 0.3 is 0 Å². The highest BCUT2D eigenvalue weighted by molar-refractivity contribution is 6.43. The molecular weight excluding hydrogens is 238 g/mol. The summed E-state index contributed by atoms with van der Waals surface area (Å²) in [4.78, 5) is 24.0. The number of aryl methyl sites for hydroxylation is 3. The molecule has 0 aromatic heterocycles. The highest BCUT2D eigenvalue weighted by atomic mass is 16.2. The van der Waals surface area contributed by atoms with Gasteiger partial charge in [0.25, 0.3) is 11.7 Å². The van der Waals surface area contributed by atoms with Gasteiger partial charge in [-0.25, -0.2) is 0 Å². The van der Waals surface area contributed by atoms with Crippen molar-refractivity contribution in [1.29, 1.82) is 0 Å². The second-order valence-corrected chi connectivity index (χ2v) is 5.54. The predicted molar refractivity (Wildman–Crippen MR) is 77.4 cm³/mol. The average molecular weight is 261 g/mol. The van der Waals surface area contributed by atoms with Crippen LogP contribution in [0.4, 0.5) is 0 Å². The Morgan fingerprint density at radius 2 is 1.63 bits per heavy atom. The number of amides is 1. The molecule has 0 aliphatic heterocycles. The van der Waals surface area contributed by atoms with E-state index >= 15 is 0 Å².